The number of benzene rings is 1. The van der Waals surface area contributed by atoms with Gasteiger partial charge in [0.25, 0.3) is 5.82 Å². The summed E-state index contributed by atoms with van der Waals surface area (Å²) in [5.74, 6) is 2.12. The Balaban J connectivity index is 1.68. The summed E-state index contributed by atoms with van der Waals surface area (Å²) < 4.78 is 2.47. The second-order valence-electron chi connectivity index (χ2n) is 10.9. The van der Waals surface area contributed by atoms with E-state index in [-0.39, 0.29) is 0 Å². The van der Waals surface area contributed by atoms with Crippen LogP contribution < -0.4 is 4.57 Å². The Morgan fingerprint density at radius 3 is 1.54 bits per heavy atom. The summed E-state index contributed by atoms with van der Waals surface area (Å²) in [5.41, 5.74) is 1.39. The zero-order valence-electron chi connectivity index (χ0n) is 23.4. The van der Waals surface area contributed by atoms with E-state index >= 15 is 0 Å². The van der Waals surface area contributed by atoms with E-state index in [4.69, 9.17) is 0 Å². The Labute approximate surface area is 218 Å². The number of aromatic nitrogens is 2. The van der Waals surface area contributed by atoms with Crippen LogP contribution in [0.1, 0.15) is 160 Å². The summed E-state index contributed by atoms with van der Waals surface area (Å²) >= 11 is 0. The molecule has 2 nitrogen and oxygen atoms in total. The second-order valence-corrected chi connectivity index (χ2v) is 10.9. The first-order chi connectivity index (χ1) is 17.3. The summed E-state index contributed by atoms with van der Waals surface area (Å²) in [5, 5.41) is 0. The molecule has 0 bridgehead atoms. The lowest BCUT2D eigenvalue weighted by molar-refractivity contribution is -0.695. The highest BCUT2D eigenvalue weighted by atomic mass is 15.1. The topological polar surface area (TPSA) is 19.7 Å². The smallest absolute Gasteiger partial charge is 0.247 e. The minimum atomic E-state index is 0.669. The van der Waals surface area contributed by atoms with Crippen LogP contribution in [0.4, 0.5) is 0 Å². The zero-order valence-corrected chi connectivity index (χ0v) is 23.4. The number of nitrogens with one attached hydrogen (secondary N) is 1. The molecule has 1 heterocycles. The van der Waals surface area contributed by atoms with E-state index in [0.717, 1.165) is 6.54 Å². The highest BCUT2D eigenvalue weighted by Crippen LogP contribution is 2.26. The molecule has 0 amide bonds. The van der Waals surface area contributed by atoms with Crippen LogP contribution >= 0.6 is 0 Å². The summed E-state index contributed by atoms with van der Waals surface area (Å²) in [4.78, 5) is 3.64. The number of aromatic amines is 1. The van der Waals surface area contributed by atoms with E-state index in [2.05, 4.69) is 66.1 Å². The third kappa shape index (κ3) is 13.9. The van der Waals surface area contributed by atoms with Crippen molar-refractivity contribution >= 4 is 0 Å². The molecule has 0 radical (unpaired) electrons. The highest BCUT2D eigenvalue weighted by Gasteiger charge is 2.22. The number of hydrogen-bond acceptors (Lipinski definition) is 0. The van der Waals surface area contributed by atoms with Gasteiger partial charge in [-0.1, -0.05) is 160 Å². The minimum absolute atomic E-state index is 0.669. The fourth-order valence-electron chi connectivity index (χ4n) is 5.47. The van der Waals surface area contributed by atoms with Crippen molar-refractivity contribution in [2.24, 2.45) is 0 Å². The van der Waals surface area contributed by atoms with E-state index in [1.807, 2.05) is 0 Å². The molecule has 0 saturated heterocycles. The van der Waals surface area contributed by atoms with Gasteiger partial charge in [-0.3, -0.25) is 0 Å². The number of imidazole rings is 1. The summed E-state index contributed by atoms with van der Waals surface area (Å²) in [6, 6.07) is 10.9. The SMILES string of the molecule is CCCCCCCCCCCCCCC[C@H](CCCCCCC)c1[nH]cc[n+]1Cc1ccccc1. The van der Waals surface area contributed by atoms with Gasteiger partial charge in [0.15, 0.2) is 0 Å². The number of rotatable bonds is 23. The van der Waals surface area contributed by atoms with Gasteiger partial charge in [0.05, 0.1) is 5.92 Å². The maximum atomic E-state index is 3.64. The van der Waals surface area contributed by atoms with Crippen molar-refractivity contribution in [1.29, 1.82) is 0 Å². The molecule has 0 aliphatic heterocycles. The van der Waals surface area contributed by atoms with E-state index in [1.165, 1.54) is 140 Å². The third-order valence-electron chi connectivity index (χ3n) is 7.69. The van der Waals surface area contributed by atoms with Gasteiger partial charge in [-0.15, -0.1) is 0 Å². The maximum Gasteiger partial charge on any atom is 0.257 e. The molecule has 0 fully saturated rings. The predicted molar refractivity (Wildman–Crippen MR) is 153 cm³/mol. The van der Waals surface area contributed by atoms with Gasteiger partial charge < -0.3 is 0 Å². The first kappa shape index (κ1) is 29.7. The van der Waals surface area contributed by atoms with Crippen molar-refractivity contribution in [3.63, 3.8) is 0 Å². The molecule has 0 spiro atoms. The third-order valence-corrected chi connectivity index (χ3v) is 7.69. The molecule has 35 heavy (non-hydrogen) atoms. The monoisotopic (exact) mass is 481 g/mol. The maximum absolute atomic E-state index is 3.64. The normalized spacial score (nSPS) is 12.3. The molecule has 0 saturated carbocycles. The van der Waals surface area contributed by atoms with Crippen LogP contribution in [0, 0.1) is 0 Å². The average Bonchev–Trinajstić information content (AvgIpc) is 3.34. The lowest BCUT2D eigenvalue weighted by Crippen LogP contribution is -2.38. The standard InChI is InChI=1S/C33H56N2/c1-3-5-7-9-10-11-12-13-14-15-16-18-23-27-32(26-22-17-8-6-4-2)33-34-28-29-35(33)30-31-24-20-19-21-25-31/h19-21,24-25,28-29,32H,3-18,22-23,26-27,30H2,1-2H3/p+1/t32-/m0/s1. The Morgan fingerprint density at radius 2 is 1.06 bits per heavy atom. The molecule has 2 heteroatoms. The van der Waals surface area contributed by atoms with Crippen molar-refractivity contribution in [3.8, 4) is 0 Å². The Morgan fingerprint density at radius 1 is 0.600 bits per heavy atom. The number of unbranched alkanes of at least 4 members (excludes halogenated alkanes) is 16. The first-order valence-corrected chi connectivity index (χ1v) is 15.5. The van der Waals surface area contributed by atoms with Crippen LogP contribution in [-0.2, 0) is 6.54 Å². The van der Waals surface area contributed by atoms with Crippen LogP contribution in [-0.4, -0.2) is 4.98 Å². The molecule has 0 aliphatic carbocycles. The van der Waals surface area contributed by atoms with Crippen LogP contribution in [0.25, 0.3) is 0 Å². The van der Waals surface area contributed by atoms with E-state index < -0.39 is 0 Å². The van der Waals surface area contributed by atoms with Gasteiger partial charge in [-0.2, -0.15) is 0 Å². The van der Waals surface area contributed by atoms with Gasteiger partial charge >= 0.3 is 0 Å². The fraction of sp³-hybridized carbons (Fsp3) is 0.727. The van der Waals surface area contributed by atoms with Crippen LogP contribution in [0.2, 0.25) is 0 Å². The largest absolute Gasteiger partial charge is 0.257 e. The molecule has 2 rings (SSSR count). The van der Waals surface area contributed by atoms with Gasteiger partial charge in [-0.25, -0.2) is 9.55 Å². The average molecular weight is 482 g/mol. The Bertz CT molecular complexity index is 705. The molecule has 1 aromatic carbocycles. The minimum Gasteiger partial charge on any atom is -0.247 e. The van der Waals surface area contributed by atoms with E-state index in [1.54, 1.807) is 0 Å². The fourth-order valence-corrected chi connectivity index (χ4v) is 5.47. The van der Waals surface area contributed by atoms with Crippen molar-refractivity contribution in [1.82, 2.24) is 4.98 Å². The lowest BCUT2D eigenvalue weighted by atomic mass is 9.93. The molecule has 1 atom stereocenters. The van der Waals surface area contributed by atoms with Gasteiger partial charge in [0, 0.05) is 0 Å². The summed E-state index contributed by atoms with van der Waals surface area (Å²) in [6.07, 6.45) is 32.6. The highest BCUT2D eigenvalue weighted by molar-refractivity contribution is 5.13. The molecular weight excluding hydrogens is 424 g/mol. The Hall–Kier alpha value is -1.57. The van der Waals surface area contributed by atoms with Gasteiger partial charge in [-0.05, 0) is 18.4 Å². The van der Waals surface area contributed by atoms with E-state index in [9.17, 15) is 0 Å². The first-order valence-electron chi connectivity index (χ1n) is 15.5. The molecule has 1 aromatic heterocycles. The molecular formula is C33H57N2+. The van der Waals surface area contributed by atoms with Crippen LogP contribution in [0.5, 0.6) is 0 Å². The molecule has 2 aromatic rings. The zero-order chi connectivity index (χ0) is 24.8. The van der Waals surface area contributed by atoms with Crippen LogP contribution in [0.3, 0.4) is 0 Å². The number of hydrogen-bond donors (Lipinski definition) is 1. The molecule has 198 valence electrons. The second kappa shape index (κ2) is 20.6. The number of nitrogens with zero attached hydrogens (tertiary/aromatic N) is 1. The lowest BCUT2D eigenvalue weighted by Gasteiger charge is -2.14. The van der Waals surface area contributed by atoms with Gasteiger partial charge in [0.1, 0.15) is 18.9 Å². The predicted octanol–water partition coefficient (Wildman–Crippen LogP) is 10.3. The van der Waals surface area contributed by atoms with Crippen molar-refractivity contribution in [2.75, 3.05) is 0 Å². The van der Waals surface area contributed by atoms with E-state index in [0.29, 0.717) is 5.92 Å². The summed E-state index contributed by atoms with van der Waals surface area (Å²) in [6.45, 7) is 5.59. The number of H-pyrrole nitrogens is 1. The molecule has 0 aliphatic rings. The quantitative estimate of drug-likeness (QED) is 0.120. The van der Waals surface area contributed by atoms with Crippen LogP contribution in [0.15, 0.2) is 42.7 Å². The van der Waals surface area contributed by atoms with Crippen molar-refractivity contribution in [2.45, 2.75) is 155 Å². The molecule has 1 N–H and O–H groups in total. The Kier molecular flexibility index (Phi) is 17.5. The summed E-state index contributed by atoms with van der Waals surface area (Å²) in [7, 11) is 0. The van der Waals surface area contributed by atoms with Gasteiger partial charge in [0.2, 0.25) is 0 Å². The van der Waals surface area contributed by atoms with Crippen molar-refractivity contribution in [3.05, 3.63) is 54.1 Å². The van der Waals surface area contributed by atoms with Crippen molar-refractivity contribution < 1.29 is 4.57 Å². The molecule has 0 unspecified atom stereocenters.